The van der Waals surface area contributed by atoms with Crippen molar-refractivity contribution in [3.63, 3.8) is 0 Å². The molecule has 1 aliphatic carbocycles. The van der Waals surface area contributed by atoms with E-state index in [0.29, 0.717) is 11.7 Å². The van der Waals surface area contributed by atoms with Crippen LogP contribution < -0.4 is 4.74 Å². The van der Waals surface area contributed by atoms with E-state index < -0.39 is 0 Å². The van der Waals surface area contributed by atoms with E-state index in [0.717, 1.165) is 24.5 Å². The molecule has 98 valence electrons. The maximum atomic E-state index is 11.3. The van der Waals surface area contributed by atoms with Crippen LogP contribution in [0.25, 0.3) is 0 Å². The quantitative estimate of drug-likeness (QED) is 0.769. The van der Waals surface area contributed by atoms with Gasteiger partial charge in [0.25, 0.3) is 0 Å². The van der Waals surface area contributed by atoms with Crippen LogP contribution in [0.4, 0.5) is 0 Å². The highest BCUT2D eigenvalue weighted by Gasteiger charge is 2.19. The van der Waals surface area contributed by atoms with E-state index in [2.05, 4.69) is 11.7 Å². The van der Waals surface area contributed by atoms with Crippen LogP contribution in [-0.2, 0) is 4.74 Å². The predicted molar refractivity (Wildman–Crippen MR) is 69.8 cm³/mol. The summed E-state index contributed by atoms with van der Waals surface area (Å²) in [6, 6.07) is 7.16. The number of rotatable bonds is 3. The summed E-state index contributed by atoms with van der Waals surface area (Å²) in [6.45, 7) is 2.29. The molecule has 0 radical (unpaired) electrons. The molecule has 1 fully saturated rings. The zero-order chi connectivity index (χ0) is 13.0. The fraction of sp³-hybridized carbons (Fsp3) is 0.533. The average Bonchev–Trinajstić information content (AvgIpc) is 2.41. The lowest BCUT2D eigenvalue weighted by atomic mass is 9.89. The van der Waals surface area contributed by atoms with Crippen LogP contribution in [0.3, 0.4) is 0 Å². The Bertz CT molecular complexity index is 389. The van der Waals surface area contributed by atoms with E-state index in [4.69, 9.17) is 4.74 Å². The van der Waals surface area contributed by atoms with Crippen molar-refractivity contribution in [2.75, 3.05) is 7.11 Å². The van der Waals surface area contributed by atoms with Gasteiger partial charge < -0.3 is 9.47 Å². The normalized spacial score (nSPS) is 23.4. The second-order valence-corrected chi connectivity index (χ2v) is 5.02. The van der Waals surface area contributed by atoms with Crippen LogP contribution in [0.15, 0.2) is 24.3 Å². The van der Waals surface area contributed by atoms with Crippen LogP contribution in [0.1, 0.15) is 43.0 Å². The first-order valence-electron chi connectivity index (χ1n) is 6.54. The SMILES string of the molecule is COC(=O)c1ccc(OC2CCC(C)CC2)cc1. The van der Waals surface area contributed by atoms with Gasteiger partial charge in [-0.25, -0.2) is 4.79 Å². The highest BCUT2D eigenvalue weighted by molar-refractivity contribution is 5.89. The molecule has 0 amide bonds. The molecule has 3 nitrogen and oxygen atoms in total. The Morgan fingerprint density at radius 3 is 2.28 bits per heavy atom. The van der Waals surface area contributed by atoms with Gasteiger partial charge in [0.05, 0.1) is 18.8 Å². The number of carbonyl (C=O) groups excluding carboxylic acids is 1. The topological polar surface area (TPSA) is 35.5 Å². The molecule has 0 aliphatic heterocycles. The Balaban J connectivity index is 1.92. The minimum absolute atomic E-state index is 0.312. The molecule has 3 heteroatoms. The largest absolute Gasteiger partial charge is 0.490 e. The number of esters is 1. The van der Waals surface area contributed by atoms with Crippen molar-refractivity contribution < 1.29 is 14.3 Å². The van der Waals surface area contributed by atoms with Crippen molar-refractivity contribution in [1.29, 1.82) is 0 Å². The van der Waals surface area contributed by atoms with Gasteiger partial charge in [0, 0.05) is 0 Å². The first-order valence-corrected chi connectivity index (χ1v) is 6.54. The minimum atomic E-state index is -0.312. The summed E-state index contributed by atoms with van der Waals surface area (Å²) in [5.41, 5.74) is 0.558. The smallest absolute Gasteiger partial charge is 0.337 e. The second kappa shape index (κ2) is 5.89. The van der Waals surface area contributed by atoms with Gasteiger partial charge in [0.2, 0.25) is 0 Å². The van der Waals surface area contributed by atoms with Crippen molar-refractivity contribution in [3.8, 4) is 5.75 Å². The average molecular weight is 248 g/mol. The number of hydrogen-bond donors (Lipinski definition) is 0. The number of hydrogen-bond acceptors (Lipinski definition) is 3. The molecule has 1 saturated carbocycles. The second-order valence-electron chi connectivity index (χ2n) is 5.02. The maximum absolute atomic E-state index is 11.3. The Morgan fingerprint density at radius 2 is 1.72 bits per heavy atom. The molecule has 18 heavy (non-hydrogen) atoms. The fourth-order valence-electron chi connectivity index (χ4n) is 2.33. The summed E-state index contributed by atoms with van der Waals surface area (Å²) >= 11 is 0. The van der Waals surface area contributed by atoms with Crippen molar-refractivity contribution >= 4 is 5.97 Å². The zero-order valence-electron chi connectivity index (χ0n) is 11.0. The molecule has 0 saturated heterocycles. The standard InChI is InChI=1S/C15H20O3/c1-11-3-7-13(8-4-11)18-14-9-5-12(6-10-14)15(16)17-2/h5-6,9-11,13H,3-4,7-8H2,1-2H3. The lowest BCUT2D eigenvalue weighted by Crippen LogP contribution is -2.23. The molecule has 0 atom stereocenters. The van der Waals surface area contributed by atoms with Crippen LogP contribution in [-0.4, -0.2) is 19.2 Å². The van der Waals surface area contributed by atoms with Crippen LogP contribution in [0.5, 0.6) is 5.75 Å². The summed E-state index contributed by atoms with van der Waals surface area (Å²) in [6.07, 6.45) is 5.06. The zero-order valence-corrected chi connectivity index (χ0v) is 11.0. The Kier molecular flexibility index (Phi) is 4.24. The first-order chi connectivity index (χ1) is 8.69. The molecule has 0 heterocycles. The van der Waals surface area contributed by atoms with Crippen molar-refractivity contribution in [2.24, 2.45) is 5.92 Å². The van der Waals surface area contributed by atoms with Gasteiger partial charge in [-0.15, -0.1) is 0 Å². The van der Waals surface area contributed by atoms with Gasteiger partial charge in [-0.05, 0) is 55.9 Å². The van der Waals surface area contributed by atoms with Crippen LogP contribution in [0, 0.1) is 5.92 Å². The molecular weight excluding hydrogens is 228 g/mol. The van der Waals surface area contributed by atoms with Gasteiger partial charge in [0.1, 0.15) is 5.75 Å². The number of methoxy groups -OCH3 is 1. The van der Waals surface area contributed by atoms with Crippen molar-refractivity contribution in [1.82, 2.24) is 0 Å². The molecular formula is C15H20O3. The van der Waals surface area contributed by atoms with Crippen molar-refractivity contribution in [3.05, 3.63) is 29.8 Å². The molecule has 0 N–H and O–H groups in total. The lowest BCUT2D eigenvalue weighted by molar-refractivity contribution is 0.0600. The number of benzene rings is 1. The minimum Gasteiger partial charge on any atom is -0.490 e. The highest BCUT2D eigenvalue weighted by Crippen LogP contribution is 2.27. The van der Waals surface area contributed by atoms with Crippen LogP contribution >= 0.6 is 0 Å². The monoisotopic (exact) mass is 248 g/mol. The molecule has 1 aromatic carbocycles. The molecule has 0 bridgehead atoms. The number of carbonyl (C=O) groups is 1. The third-order valence-corrected chi connectivity index (χ3v) is 3.54. The van der Waals surface area contributed by atoms with E-state index in [1.54, 1.807) is 12.1 Å². The molecule has 0 spiro atoms. The fourth-order valence-corrected chi connectivity index (χ4v) is 2.33. The molecule has 1 aromatic rings. The third-order valence-electron chi connectivity index (χ3n) is 3.54. The lowest BCUT2D eigenvalue weighted by Gasteiger charge is -2.26. The summed E-state index contributed by atoms with van der Waals surface area (Å²) in [7, 11) is 1.38. The summed E-state index contributed by atoms with van der Waals surface area (Å²) in [5.74, 6) is 1.35. The van der Waals surface area contributed by atoms with E-state index in [9.17, 15) is 4.79 Å². The third kappa shape index (κ3) is 3.25. The summed E-state index contributed by atoms with van der Waals surface area (Å²) in [5, 5.41) is 0. The molecule has 0 unspecified atom stereocenters. The van der Waals surface area contributed by atoms with E-state index in [1.165, 1.54) is 20.0 Å². The highest BCUT2D eigenvalue weighted by atomic mass is 16.5. The number of ether oxygens (including phenoxy) is 2. The van der Waals surface area contributed by atoms with E-state index in [1.807, 2.05) is 12.1 Å². The maximum Gasteiger partial charge on any atom is 0.337 e. The molecule has 1 aliphatic rings. The summed E-state index contributed by atoms with van der Waals surface area (Å²) < 4.78 is 10.6. The van der Waals surface area contributed by atoms with E-state index in [-0.39, 0.29) is 5.97 Å². The molecule has 2 rings (SSSR count). The van der Waals surface area contributed by atoms with Gasteiger partial charge in [-0.2, -0.15) is 0 Å². The van der Waals surface area contributed by atoms with Crippen molar-refractivity contribution in [2.45, 2.75) is 38.7 Å². The molecule has 0 aromatic heterocycles. The van der Waals surface area contributed by atoms with Gasteiger partial charge >= 0.3 is 5.97 Å². The van der Waals surface area contributed by atoms with Gasteiger partial charge in [-0.3, -0.25) is 0 Å². The van der Waals surface area contributed by atoms with Gasteiger partial charge in [0.15, 0.2) is 0 Å². The van der Waals surface area contributed by atoms with Gasteiger partial charge in [-0.1, -0.05) is 6.92 Å². The predicted octanol–water partition coefficient (Wildman–Crippen LogP) is 3.43. The Labute approximate surface area is 108 Å². The Morgan fingerprint density at radius 1 is 1.11 bits per heavy atom. The first kappa shape index (κ1) is 12.9. The summed E-state index contributed by atoms with van der Waals surface area (Å²) in [4.78, 5) is 11.3. The van der Waals surface area contributed by atoms with E-state index >= 15 is 0 Å². The van der Waals surface area contributed by atoms with Crippen LogP contribution in [0.2, 0.25) is 0 Å². The Hall–Kier alpha value is -1.51.